The summed E-state index contributed by atoms with van der Waals surface area (Å²) in [5, 5.41) is 0. The quantitative estimate of drug-likeness (QED) is 0.491. The Kier molecular flexibility index (Phi) is 14.7. The number of unbranched alkanes of at least 4 members (excludes halogenated alkanes) is 2. The van der Waals surface area contributed by atoms with E-state index in [9.17, 15) is 0 Å². The predicted octanol–water partition coefficient (Wildman–Crippen LogP) is 1.58. The van der Waals surface area contributed by atoms with Crippen molar-refractivity contribution in [3.63, 3.8) is 0 Å². The Hall–Kier alpha value is -0.160. The van der Waals surface area contributed by atoms with Crippen LogP contribution < -0.4 is 5.73 Å². The highest BCUT2D eigenvalue weighted by molar-refractivity contribution is 4.39. The first kappa shape index (κ1) is 15.8. The monoisotopic (exact) mass is 233 g/mol. The van der Waals surface area contributed by atoms with Crippen molar-refractivity contribution >= 4 is 0 Å². The van der Waals surface area contributed by atoms with Gasteiger partial charge in [-0.3, -0.25) is 0 Å². The van der Waals surface area contributed by atoms with E-state index in [0.717, 1.165) is 39.0 Å². The first-order valence-corrected chi connectivity index (χ1v) is 6.35. The zero-order chi connectivity index (χ0) is 11.9. The van der Waals surface area contributed by atoms with Gasteiger partial charge in [0.1, 0.15) is 0 Å². The highest BCUT2D eigenvalue weighted by atomic mass is 16.5. The second-order valence-electron chi connectivity index (χ2n) is 3.69. The van der Waals surface area contributed by atoms with Crippen molar-refractivity contribution in [3.05, 3.63) is 0 Å². The largest absolute Gasteiger partial charge is 0.379 e. The van der Waals surface area contributed by atoms with Crippen molar-refractivity contribution < 1.29 is 14.2 Å². The Morgan fingerprint density at radius 1 is 0.688 bits per heavy atom. The molecule has 4 heteroatoms. The molecule has 0 atom stereocenters. The van der Waals surface area contributed by atoms with Gasteiger partial charge in [0, 0.05) is 13.2 Å². The van der Waals surface area contributed by atoms with Crippen molar-refractivity contribution in [2.24, 2.45) is 5.73 Å². The third kappa shape index (κ3) is 13.8. The van der Waals surface area contributed by atoms with Crippen molar-refractivity contribution in [3.8, 4) is 0 Å². The fraction of sp³-hybridized carbons (Fsp3) is 1.00. The van der Waals surface area contributed by atoms with Gasteiger partial charge in [-0.1, -0.05) is 13.3 Å². The van der Waals surface area contributed by atoms with E-state index in [2.05, 4.69) is 6.92 Å². The van der Waals surface area contributed by atoms with Gasteiger partial charge >= 0.3 is 0 Å². The molecule has 0 bridgehead atoms. The molecule has 98 valence electrons. The summed E-state index contributed by atoms with van der Waals surface area (Å²) < 4.78 is 16.1. The molecule has 0 heterocycles. The lowest BCUT2D eigenvalue weighted by molar-refractivity contribution is 0.0135. The van der Waals surface area contributed by atoms with Crippen LogP contribution in [0.25, 0.3) is 0 Å². The minimum absolute atomic E-state index is 0.653. The van der Waals surface area contributed by atoms with Gasteiger partial charge in [-0.25, -0.2) is 0 Å². The lowest BCUT2D eigenvalue weighted by Crippen LogP contribution is -2.10. The average Bonchev–Trinajstić information content (AvgIpc) is 2.31. The second kappa shape index (κ2) is 14.8. The van der Waals surface area contributed by atoms with Crippen LogP contribution in [0.3, 0.4) is 0 Å². The molecule has 0 radical (unpaired) electrons. The van der Waals surface area contributed by atoms with E-state index in [-0.39, 0.29) is 0 Å². The molecular weight excluding hydrogens is 206 g/mol. The van der Waals surface area contributed by atoms with Crippen LogP contribution in [0.5, 0.6) is 0 Å². The Bertz CT molecular complexity index is 109. The fourth-order valence-electron chi connectivity index (χ4n) is 1.14. The Labute approximate surface area is 99.4 Å². The molecule has 0 saturated heterocycles. The third-order valence-corrected chi connectivity index (χ3v) is 2.13. The topological polar surface area (TPSA) is 53.7 Å². The maximum Gasteiger partial charge on any atom is 0.0701 e. The van der Waals surface area contributed by atoms with Crippen molar-refractivity contribution in [2.75, 3.05) is 46.2 Å². The summed E-state index contributed by atoms with van der Waals surface area (Å²) >= 11 is 0. The van der Waals surface area contributed by atoms with E-state index >= 15 is 0 Å². The number of hydrogen-bond donors (Lipinski definition) is 1. The van der Waals surface area contributed by atoms with E-state index in [1.54, 1.807) is 0 Å². The summed E-state index contributed by atoms with van der Waals surface area (Å²) in [5.74, 6) is 0. The molecule has 0 aromatic rings. The normalized spacial score (nSPS) is 10.9. The lowest BCUT2D eigenvalue weighted by atomic mass is 10.3. The molecule has 0 aliphatic heterocycles. The maximum atomic E-state index is 5.36. The zero-order valence-corrected chi connectivity index (χ0v) is 10.6. The molecule has 0 amide bonds. The van der Waals surface area contributed by atoms with Gasteiger partial charge in [0.2, 0.25) is 0 Å². The van der Waals surface area contributed by atoms with Gasteiger partial charge in [-0.2, -0.15) is 0 Å². The van der Waals surface area contributed by atoms with Gasteiger partial charge < -0.3 is 19.9 Å². The summed E-state index contributed by atoms with van der Waals surface area (Å²) in [4.78, 5) is 0. The summed E-state index contributed by atoms with van der Waals surface area (Å²) in [6.45, 7) is 7.20. The van der Waals surface area contributed by atoms with Crippen LogP contribution in [0, 0.1) is 0 Å². The van der Waals surface area contributed by atoms with Crippen LogP contribution in [0.1, 0.15) is 32.6 Å². The molecule has 0 aromatic carbocycles. The average molecular weight is 233 g/mol. The SMILES string of the molecule is CCCCOCCOCCOCCCCN. The van der Waals surface area contributed by atoms with Crippen molar-refractivity contribution in [1.82, 2.24) is 0 Å². The van der Waals surface area contributed by atoms with Gasteiger partial charge in [0.15, 0.2) is 0 Å². The number of ether oxygens (including phenoxy) is 3. The number of rotatable bonds is 13. The van der Waals surface area contributed by atoms with Crippen LogP contribution in [-0.4, -0.2) is 46.2 Å². The summed E-state index contributed by atoms with van der Waals surface area (Å²) in [5.41, 5.74) is 5.36. The van der Waals surface area contributed by atoms with Crippen molar-refractivity contribution in [1.29, 1.82) is 0 Å². The molecule has 0 fully saturated rings. The first-order chi connectivity index (χ1) is 7.91. The summed E-state index contributed by atoms with van der Waals surface area (Å²) in [6, 6.07) is 0. The van der Waals surface area contributed by atoms with E-state index in [1.165, 1.54) is 6.42 Å². The van der Waals surface area contributed by atoms with Crippen LogP contribution in [0.4, 0.5) is 0 Å². The molecule has 0 aliphatic carbocycles. The molecule has 0 saturated carbocycles. The minimum Gasteiger partial charge on any atom is -0.379 e. The van der Waals surface area contributed by atoms with Crippen LogP contribution >= 0.6 is 0 Å². The molecule has 16 heavy (non-hydrogen) atoms. The zero-order valence-electron chi connectivity index (χ0n) is 10.6. The fourth-order valence-corrected chi connectivity index (χ4v) is 1.14. The molecule has 2 N–H and O–H groups in total. The van der Waals surface area contributed by atoms with E-state index in [1.807, 2.05) is 0 Å². The number of nitrogens with two attached hydrogens (primary N) is 1. The van der Waals surface area contributed by atoms with Crippen LogP contribution in [0.2, 0.25) is 0 Å². The third-order valence-electron chi connectivity index (χ3n) is 2.13. The Morgan fingerprint density at radius 2 is 1.19 bits per heavy atom. The van der Waals surface area contributed by atoms with Gasteiger partial charge in [-0.15, -0.1) is 0 Å². The Balaban J connectivity index is 2.83. The van der Waals surface area contributed by atoms with Gasteiger partial charge in [-0.05, 0) is 25.8 Å². The van der Waals surface area contributed by atoms with Gasteiger partial charge in [0.25, 0.3) is 0 Å². The van der Waals surface area contributed by atoms with Crippen LogP contribution in [-0.2, 0) is 14.2 Å². The smallest absolute Gasteiger partial charge is 0.0701 e. The molecule has 0 spiro atoms. The number of hydrogen-bond acceptors (Lipinski definition) is 4. The molecule has 0 aliphatic rings. The van der Waals surface area contributed by atoms with Crippen LogP contribution in [0.15, 0.2) is 0 Å². The second-order valence-corrected chi connectivity index (χ2v) is 3.69. The highest BCUT2D eigenvalue weighted by Gasteiger charge is 1.91. The predicted molar refractivity (Wildman–Crippen MR) is 65.7 cm³/mol. The van der Waals surface area contributed by atoms with E-state index < -0.39 is 0 Å². The molecule has 4 nitrogen and oxygen atoms in total. The van der Waals surface area contributed by atoms with E-state index in [0.29, 0.717) is 26.4 Å². The maximum absolute atomic E-state index is 5.36. The molecule has 0 unspecified atom stereocenters. The van der Waals surface area contributed by atoms with E-state index in [4.69, 9.17) is 19.9 Å². The molecule has 0 aromatic heterocycles. The lowest BCUT2D eigenvalue weighted by Gasteiger charge is -2.06. The Morgan fingerprint density at radius 3 is 1.69 bits per heavy atom. The summed E-state index contributed by atoms with van der Waals surface area (Å²) in [6.07, 6.45) is 4.38. The minimum atomic E-state index is 0.653. The molecule has 0 rings (SSSR count). The van der Waals surface area contributed by atoms with Crippen molar-refractivity contribution in [2.45, 2.75) is 32.6 Å². The molecular formula is C12H27NO3. The summed E-state index contributed by atoms with van der Waals surface area (Å²) in [7, 11) is 0. The van der Waals surface area contributed by atoms with Gasteiger partial charge in [0.05, 0.1) is 26.4 Å². The first-order valence-electron chi connectivity index (χ1n) is 6.35. The highest BCUT2D eigenvalue weighted by Crippen LogP contribution is 1.89. The standard InChI is InChI=1S/C12H27NO3/c1-2-3-7-14-9-11-16-12-10-15-8-5-4-6-13/h2-13H2,1H3.